The summed E-state index contributed by atoms with van der Waals surface area (Å²) in [4.78, 5) is 11.8. The molecule has 0 radical (unpaired) electrons. The highest BCUT2D eigenvalue weighted by molar-refractivity contribution is 6.37. The Kier molecular flexibility index (Phi) is 4.71. The number of benzene rings is 2. The Morgan fingerprint density at radius 3 is 2.40 bits per heavy atom. The van der Waals surface area contributed by atoms with Crippen LogP contribution in [0.1, 0.15) is 0 Å². The molecule has 0 fully saturated rings. The van der Waals surface area contributed by atoms with Gasteiger partial charge in [-0.15, -0.1) is 0 Å². The number of hydrogen-bond donors (Lipinski definition) is 2. The summed E-state index contributed by atoms with van der Waals surface area (Å²) >= 11 is 11.9. The number of rotatable bonds is 4. The molecule has 4 nitrogen and oxygen atoms in total. The average Bonchev–Trinajstić information content (AvgIpc) is 2.41. The Bertz CT molecular complexity index is 612. The average molecular weight is 311 g/mol. The Morgan fingerprint density at radius 1 is 1.10 bits per heavy atom. The van der Waals surface area contributed by atoms with Gasteiger partial charge in [-0.3, -0.25) is 4.79 Å². The third-order valence-electron chi connectivity index (χ3n) is 2.50. The van der Waals surface area contributed by atoms with Crippen molar-refractivity contribution in [1.82, 2.24) is 0 Å². The van der Waals surface area contributed by atoms with E-state index in [1.165, 1.54) is 0 Å². The molecule has 2 aromatic rings. The first-order chi connectivity index (χ1) is 9.58. The summed E-state index contributed by atoms with van der Waals surface area (Å²) in [6, 6.07) is 11.9. The number of ether oxygens (including phenoxy) is 1. The van der Waals surface area contributed by atoms with E-state index in [1.807, 2.05) is 0 Å². The largest absolute Gasteiger partial charge is 0.481 e. The summed E-state index contributed by atoms with van der Waals surface area (Å²) in [6.07, 6.45) is 0. The lowest BCUT2D eigenvalue weighted by molar-refractivity contribution is -0.118. The van der Waals surface area contributed by atoms with Gasteiger partial charge in [0.25, 0.3) is 5.91 Å². The molecule has 104 valence electrons. The first kappa shape index (κ1) is 14.5. The Labute approximate surface area is 126 Å². The van der Waals surface area contributed by atoms with Gasteiger partial charge >= 0.3 is 0 Å². The first-order valence-corrected chi connectivity index (χ1v) is 6.54. The van der Waals surface area contributed by atoms with Crippen LogP contribution in [0, 0.1) is 0 Å². The molecule has 0 aliphatic heterocycles. The molecule has 0 bridgehead atoms. The fourth-order valence-corrected chi connectivity index (χ4v) is 2.06. The van der Waals surface area contributed by atoms with Crippen LogP contribution in [0.4, 0.5) is 11.4 Å². The van der Waals surface area contributed by atoms with E-state index in [-0.39, 0.29) is 18.3 Å². The lowest BCUT2D eigenvalue weighted by Crippen LogP contribution is -2.21. The molecule has 0 atom stereocenters. The van der Waals surface area contributed by atoms with Crippen LogP contribution in [0.25, 0.3) is 0 Å². The zero-order valence-electron chi connectivity index (χ0n) is 10.4. The number of amides is 1. The first-order valence-electron chi connectivity index (χ1n) is 5.79. The number of halogens is 2. The van der Waals surface area contributed by atoms with Crippen molar-refractivity contribution < 1.29 is 9.53 Å². The molecule has 0 saturated carbocycles. The monoisotopic (exact) mass is 310 g/mol. The van der Waals surface area contributed by atoms with Crippen molar-refractivity contribution in [1.29, 1.82) is 0 Å². The van der Waals surface area contributed by atoms with Gasteiger partial charge < -0.3 is 15.8 Å². The molecule has 0 aromatic heterocycles. The zero-order valence-corrected chi connectivity index (χ0v) is 11.9. The summed E-state index contributed by atoms with van der Waals surface area (Å²) in [6.45, 7) is -0.211. The minimum absolute atomic E-state index is 0.211. The summed E-state index contributed by atoms with van der Waals surface area (Å²) in [5, 5.41) is 3.35. The van der Waals surface area contributed by atoms with E-state index in [0.29, 0.717) is 21.4 Å². The molecule has 3 N–H and O–H groups in total. The van der Waals surface area contributed by atoms with Crippen molar-refractivity contribution in [3.63, 3.8) is 0 Å². The standard InChI is InChI=1S/C14H12Cl2N2O2/c15-9-4-3-5-10(16)14(9)20-8-13(19)18-12-7-2-1-6-11(12)17/h1-7H,8,17H2,(H,18,19). The maximum absolute atomic E-state index is 11.8. The van der Waals surface area contributed by atoms with Crippen LogP contribution in [0.5, 0.6) is 5.75 Å². The van der Waals surface area contributed by atoms with Gasteiger partial charge in [-0.2, -0.15) is 0 Å². The highest BCUT2D eigenvalue weighted by Gasteiger charge is 2.10. The lowest BCUT2D eigenvalue weighted by atomic mass is 10.3. The van der Waals surface area contributed by atoms with Crippen molar-refractivity contribution in [3.8, 4) is 5.75 Å². The molecule has 6 heteroatoms. The van der Waals surface area contributed by atoms with E-state index in [0.717, 1.165) is 0 Å². The van der Waals surface area contributed by atoms with Crippen molar-refractivity contribution in [3.05, 3.63) is 52.5 Å². The number of hydrogen-bond acceptors (Lipinski definition) is 3. The second kappa shape index (κ2) is 6.50. The van der Waals surface area contributed by atoms with Crippen LogP contribution < -0.4 is 15.8 Å². The van der Waals surface area contributed by atoms with Crippen LogP contribution in [0.3, 0.4) is 0 Å². The van der Waals surface area contributed by atoms with Gasteiger partial charge in [0.1, 0.15) is 0 Å². The molecule has 0 unspecified atom stereocenters. The number of carbonyl (C=O) groups excluding carboxylic acids is 1. The molecule has 2 rings (SSSR count). The fraction of sp³-hybridized carbons (Fsp3) is 0.0714. The molecule has 20 heavy (non-hydrogen) atoms. The minimum Gasteiger partial charge on any atom is -0.481 e. The predicted octanol–water partition coefficient (Wildman–Crippen LogP) is 3.59. The predicted molar refractivity (Wildman–Crippen MR) is 81.4 cm³/mol. The van der Waals surface area contributed by atoms with Crippen molar-refractivity contribution in [2.24, 2.45) is 0 Å². The van der Waals surface area contributed by atoms with E-state index in [2.05, 4.69) is 5.32 Å². The van der Waals surface area contributed by atoms with Gasteiger partial charge in [0.2, 0.25) is 0 Å². The van der Waals surface area contributed by atoms with Crippen LogP contribution in [-0.4, -0.2) is 12.5 Å². The van der Waals surface area contributed by atoms with E-state index in [1.54, 1.807) is 42.5 Å². The molecular weight excluding hydrogens is 299 g/mol. The smallest absolute Gasteiger partial charge is 0.262 e. The maximum atomic E-state index is 11.8. The lowest BCUT2D eigenvalue weighted by Gasteiger charge is -2.11. The molecule has 0 heterocycles. The molecular formula is C14H12Cl2N2O2. The van der Waals surface area contributed by atoms with Crippen LogP contribution in [0.2, 0.25) is 10.0 Å². The number of nitrogens with two attached hydrogens (primary N) is 1. The number of anilines is 2. The molecule has 0 spiro atoms. The third kappa shape index (κ3) is 3.56. The van der Waals surface area contributed by atoms with E-state index in [4.69, 9.17) is 33.7 Å². The van der Waals surface area contributed by atoms with Gasteiger partial charge in [0, 0.05) is 0 Å². The highest BCUT2D eigenvalue weighted by Crippen LogP contribution is 2.32. The second-order valence-electron chi connectivity index (χ2n) is 3.97. The SMILES string of the molecule is Nc1ccccc1NC(=O)COc1c(Cl)cccc1Cl. The summed E-state index contributed by atoms with van der Waals surface area (Å²) in [5.41, 5.74) is 6.74. The van der Waals surface area contributed by atoms with Crippen LogP contribution in [-0.2, 0) is 4.79 Å². The maximum Gasteiger partial charge on any atom is 0.262 e. The number of nitrogen functional groups attached to an aromatic ring is 1. The topological polar surface area (TPSA) is 64.3 Å². The van der Waals surface area contributed by atoms with Gasteiger partial charge in [0.05, 0.1) is 21.4 Å². The number of para-hydroxylation sites is 3. The van der Waals surface area contributed by atoms with Crippen molar-refractivity contribution in [2.75, 3.05) is 17.7 Å². The Morgan fingerprint density at radius 2 is 1.75 bits per heavy atom. The Balaban J connectivity index is 1.98. The quantitative estimate of drug-likeness (QED) is 0.848. The number of nitrogens with one attached hydrogen (secondary N) is 1. The second-order valence-corrected chi connectivity index (χ2v) is 4.79. The van der Waals surface area contributed by atoms with Gasteiger partial charge in [-0.05, 0) is 24.3 Å². The van der Waals surface area contributed by atoms with Crippen molar-refractivity contribution in [2.45, 2.75) is 0 Å². The Hall–Kier alpha value is -1.91. The van der Waals surface area contributed by atoms with Crippen molar-refractivity contribution >= 4 is 40.5 Å². The van der Waals surface area contributed by atoms with Crippen LogP contribution >= 0.6 is 23.2 Å². The van der Waals surface area contributed by atoms with Gasteiger partial charge in [-0.25, -0.2) is 0 Å². The van der Waals surface area contributed by atoms with E-state index >= 15 is 0 Å². The van der Waals surface area contributed by atoms with E-state index < -0.39 is 0 Å². The molecule has 2 aromatic carbocycles. The number of carbonyl (C=O) groups is 1. The minimum atomic E-state index is -0.348. The third-order valence-corrected chi connectivity index (χ3v) is 3.10. The summed E-state index contributed by atoms with van der Waals surface area (Å²) < 4.78 is 5.32. The molecule has 0 aliphatic rings. The van der Waals surface area contributed by atoms with E-state index in [9.17, 15) is 4.79 Å². The molecule has 0 aliphatic carbocycles. The highest BCUT2D eigenvalue weighted by atomic mass is 35.5. The summed E-state index contributed by atoms with van der Waals surface area (Å²) in [5.74, 6) is -0.0640. The van der Waals surface area contributed by atoms with Gasteiger partial charge in [0.15, 0.2) is 12.4 Å². The molecule has 1 amide bonds. The molecule has 0 saturated heterocycles. The van der Waals surface area contributed by atoms with Gasteiger partial charge in [-0.1, -0.05) is 41.4 Å². The zero-order chi connectivity index (χ0) is 14.5. The normalized spacial score (nSPS) is 10.1. The van der Waals surface area contributed by atoms with Crippen LogP contribution in [0.15, 0.2) is 42.5 Å². The fourth-order valence-electron chi connectivity index (χ4n) is 1.56. The summed E-state index contributed by atoms with van der Waals surface area (Å²) in [7, 11) is 0.